The third-order valence-electron chi connectivity index (χ3n) is 4.65. The molecular weight excluding hydrogens is 314 g/mol. The van der Waals surface area contributed by atoms with Gasteiger partial charge in [-0.1, -0.05) is 27.7 Å². The molecule has 3 nitrogen and oxygen atoms in total. The smallest absolute Gasteiger partial charge is 0.0766 e. The Labute approximate surface area is 131 Å². The van der Waals surface area contributed by atoms with E-state index in [1.54, 1.807) is 0 Å². The van der Waals surface area contributed by atoms with Crippen molar-refractivity contribution in [3.05, 3.63) is 15.9 Å². The molecule has 0 bridgehead atoms. The average Bonchev–Trinajstić information content (AvgIpc) is 2.93. The van der Waals surface area contributed by atoms with Crippen molar-refractivity contribution in [1.82, 2.24) is 15.1 Å². The molecule has 0 amide bonds. The zero-order chi connectivity index (χ0) is 14.9. The minimum Gasteiger partial charge on any atom is -0.314 e. The number of likely N-dealkylation sites (N-methyl/N-ethyl adjacent to an activating group) is 1. The first-order chi connectivity index (χ1) is 9.44. The van der Waals surface area contributed by atoms with Gasteiger partial charge < -0.3 is 5.32 Å². The molecule has 1 aromatic rings. The van der Waals surface area contributed by atoms with Crippen molar-refractivity contribution < 1.29 is 0 Å². The van der Waals surface area contributed by atoms with E-state index in [1.807, 2.05) is 0 Å². The number of aryl methyl sites for hydroxylation is 2. The highest BCUT2D eigenvalue weighted by Crippen LogP contribution is 2.54. The highest BCUT2D eigenvalue weighted by Gasteiger charge is 2.49. The minimum atomic E-state index is 0.504. The summed E-state index contributed by atoms with van der Waals surface area (Å²) in [5, 5.41) is 8.41. The maximum atomic E-state index is 4.72. The van der Waals surface area contributed by atoms with Gasteiger partial charge in [-0.15, -0.1) is 0 Å². The largest absolute Gasteiger partial charge is 0.314 e. The molecule has 1 heterocycles. The van der Waals surface area contributed by atoms with Gasteiger partial charge in [0.2, 0.25) is 0 Å². The van der Waals surface area contributed by atoms with Crippen LogP contribution in [0.25, 0.3) is 0 Å². The molecular formula is C16H28BrN3. The second-order valence-electron chi connectivity index (χ2n) is 6.54. The SMILES string of the molecule is CCNC(Cc1c(Br)c(CC)nn1CC)C1CC1(C)C. The maximum Gasteiger partial charge on any atom is 0.0766 e. The molecule has 0 aliphatic heterocycles. The van der Waals surface area contributed by atoms with E-state index >= 15 is 0 Å². The standard InChI is InChI=1S/C16H28BrN3/c1-6-12-15(17)14(20(8-3)19-12)9-13(18-7-2)11-10-16(11,4)5/h11,13,18H,6-10H2,1-5H3. The van der Waals surface area contributed by atoms with Crippen LogP contribution in [0, 0.1) is 11.3 Å². The molecule has 1 N–H and O–H groups in total. The Hall–Kier alpha value is -0.350. The molecule has 0 aromatic carbocycles. The number of nitrogens with zero attached hydrogens (tertiary/aromatic N) is 2. The molecule has 1 aromatic heterocycles. The second kappa shape index (κ2) is 6.18. The van der Waals surface area contributed by atoms with Gasteiger partial charge in [-0.25, -0.2) is 0 Å². The van der Waals surface area contributed by atoms with Crippen LogP contribution in [0.1, 0.15) is 52.4 Å². The maximum absolute atomic E-state index is 4.72. The fourth-order valence-electron chi connectivity index (χ4n) is 3.23. The molecule has 1 aliphatic rings. The van der Waals surface area contributed by atoms with E-state index in [0.29, 0.717) is 11.5 Å². The summed E-state index contributed by atoms with van der Waals surface area (Å²) < 4.78 is 3.39. The van der Waals surface area contributed by atoms with Crippen LogP contribution in [0.15, 0.2) is 4.47 Å². The lowest BCUT2D eigenvalue weighted by molar-refractivity contribution is 0.399. The van der Waals surface area contributed by atoms with Crippen molar-refractivity contribution in [2.24, 2.45) is 11.3 Å². The van der Waals surface area contributed by atoms with Crippen molar-refractivity contribution in [3.8, 4) is 0 Å². The zero-order valence-corrected chi connectivity index (χ0v) is 15.0. The average molecular weight is 342 g/mol. The highest BCUT2D eigenvalue weighted by molar-refractivity contribution is 9.10. The van der Waals surface area contributed by atoms with Crippen LogP contribution in [0.3, 0.4) is 0 Å². The summed E-state index contributed by atoms with van der Waals surface area (Å²) in [7, 11) is 0. The van der Waals surface area contributed by atoms with Crippen molar-refractivity contribution >= 4 is 15.9 Å². The predicted molar refractivity (Wildman–Crippen MR) is 88.0 cm³/mol. The summed E-state index contributed by atoms with van der Waals surface area (Å²) in [5.74, 6) is 0.791. The van der Waals surface area contributed by atoms with Gasteiger partial charge >= 0.3 is 0 Å². The van der Waals surface area contributed by atoms with Crippen LogP contribution in [-0.2, 0) is 19.4 Å². The van der Waals surface area contributed by atoms with Crippen LogP contribution >= 0.6 is 15.9 Å². The van der Waals surface area contributed by atoms with Crippen LogP contribution in [0.5, 0.6) is 0 Å². The molecule has 1 fully saturated rings. The van der Waals surface area contributed by atoms with E-state index in [9.17, 15) is 0 Å². The van der Waals surface area contributed by atoms with Crippen molar-refractivity contribution in [3.63, 3.8) is 0 Å². The van der Waals surface area contributed by atoms with Gasteiger partial charge in [0.25, 0.3) is 0 Å². The minimum absolute atomic E-state index is 0.504. The van der Waals surface area contributed by atoms with Gasteiger partial charge in [-0.2, -0.15) is 5.10 Å². The Morgan fingerprint density at radius 3 is 2.50 bits per heavy atom. The van der Waals surface area contributed by atoms with Gasteiger partial charge in [0.05, 0.1) is 15.9 Å². The Bertz CT molecular complexity index is 465. The lowest BCUT2D eigenvalue weighted by atomic mass is 9.99. The molecule has 0 saturated heterocycles. The topological polar surface area (TPSA) is 29.9 Å². The molecule has 1 aliphatic carbocycles. The molecule has 20 heavy (non-hydrogen) atoms. The van der Waals surface area contributed by atoms with E-state index in [-0.39, 0.29) is 0 Å². The van der Waals surface area contributed by atoms with Crippen LogP contribution < -0.4 is 5.32 Å². The van der Waals surface area contributed by atoms with E-state index in [0.717, 1.165) is 31.8 Å². The second-order valence-corrected chi connectivity index (χ2v) is 7.34. The summed E-state index contributed by atoms with van der Waals surface area (Å²) >= 11 is 3.77. The summed E-state index contributed by atoms with van der Waals surface area (Å²) in [6.45, 7) is 13.3. The first-order valence-electron chi connectivity index (χ1n) is 7.92. The molecule has 4 heteroatoms. The number of hydrogen-bond acceptors (Lipinski definition) is 2. The number of hydrogen-bond donors (Lipinski definition) is 1. The lowest BCUT2D eigenvalue weighted by Crippen LogP contribution is -2.35. The number of aromatic nitrogens is 2. The first kappa shape index (κ1) is 16.0. The summed E-state index contributed by atoms with van der Waals surface area (Å²) in [4.78, 5) is 0. The molecule has 2 rings (SSSR count). The van der Waals surface area contributed by atoms with Crippen molar-refractivity contribution in [2.45, 2.75) is 66.5 Å². The Balaban J connectivity index is 2.20. The van der Waals surface area contributed by atoms with Gasteiger partial charge in [-0.05, 0) is 53.6 Å². The molecule has 2 atom stereocenters. The Morgan fingerprint density at radius 2 is 2.05 bits per heavy atom. The van der Waals surface area contributed by atoms with Gasteiger partial charge in [0.1, 0.15) is 0 Å². The normalized spacial score (nSPS) is 22.0. The molecule has 1 saturated carbocycles. The monoisotopic (exact) mass is 341 g/mol. The number of rotatable bonds is 7. The molecule has 114 valence electrons. The van der Waals surface area contributed by atoms with Crippen LogP contribution in [0.4, 0.5) is 0 Å². The van der Waals surface area contributed by atoms with E-state index in [2.05, 4.69) is 60.5 Å². The number of nitrogens with one attached hydrogen (secondary N) is 1. The van der Waals surface area contributed by atoms with Crippen LogP contribution in [0.2, 0.25) is 0 Å². The third kappa shape index (κ3) is 3.11. The van der Waals surface area contributed by atoms with Gasteiger partial charge in [0.15, 0.2) is 0 Å². The quantitative estimate of drug-likeness (QED) is 0.817. The number of halogens is 1. The van der Waals surface area contributed by atoms with Gasteiger partial charge in [-0.3, -0.25) is 4.68 Å². The fraction of sp³-hybridized carbons (Fsp3) is 0.812. The van der Waals surface area contributed by atoms with E-state index in [4.69, 9.17) is 5.10 Å². The first-order valence-corrected chi connectivity index (χ1v) is 8.71. The highest BCUT2D eigenvalue weighted by atomic mass is 79.9. The van der Waals surface area contributed by atoms with Crippen LogP contribution in [-0.4, -0.2) is 22.4 Å². The lowest BCUT2D eigenvalue weighted by Gasteiger charge is -2.20. The molecule has 2 unspecified atom stereocenters. The van der Waals surface area contributed by atoms with E-state index < -0.39 is 0 Å². The molecule has 0 radical (unpaired) electrons. The summed E-state index contributed by atoms with van der Waals surface area (Å²) in [6, 6.07) is 0.568. The zero-order valence-electron chi connectivity index (χ0n) is 13.5. The van der Waals surface area contributed by atoms with E-state index in [1.165, 1.54) is 22.3 Å². The summed E-state index contributed by atoms with van der Waals surface area (Å²) in [5.41, 5.74) is 3.05. The Morgan fingerprint density at radius 1 is 1.40 bits per heavy atom. The van der Waals surface area contributed by atoms with Crippen molar-refractivity contribution in [2.75, 3.05) is 6.54 Å². The third-order valence-corrected chi connectivity index (χ3v) is 5.56. The Kier molecular flexibility index (Phi) is 4.96. The summed E-state index contributed by atoms with van der Waals surface area (Å²) in [6.07, 6.45) is 3.40. The van der Waals surface area contributed by atoms with Crippen molar-refractivity contribution in [1.29, 1.82) is 0 Å². The molecule has 0 spiro atoms. The van der Waals surface area contributed by atoms with Gasteiger partial charge in [0, 0.05) is 19.0 Å². The predicted octanol–water partition coefficient (Wildman–Crippen LogP) is 3.79. The fourth-order valence-corrected chi connectivity index (χ4v) is 3.96.